The minimum atomic E-state index is -0.151. The van der Waals surface area contributed by atoms with Crippen molar-refractivity contribution in [3.05, 3.63) is 235 Å². The minimum absolute atomic E-state index is 0.151. The summed E-state index contributed by atoms with van der Waals surface area (Å²) in [5.41, 5.74) is 22.4. The summed E-state index contributed by atoms with van der Waals surface area (Å²) in [6.45, 7) is 10.6. The maximum absolute atomic E-state index is 7.08. The van der Waals surface area contributed by atoms with Crippen LogP contribution in [-0.2, 0) is 6.42 Å². The number of hydrogen-bond donors (Lipinski definition) is 0. The van der Waals surface area contributed by atoms with Gasteiger partial charge < -0.3 is 13.8 Å². The number of anilines is 3. The molecule has 14 rings (SSSR count). The zero-order valence-corrected chi connectivity index (χ0v) is 39.4. The van der Waals surface area contributed by atoms with Gasteiger partial charge in [-0.15, -0.1) is 0 Å². The summed E-state index contributed by atoms with van der Waals surface area (Å²) in [7, 11) is 0. The third-order valence-corrected chi connectivity index (χ3v) is 15.2. The molecule has 0 fully saturated rings. The molecule has 0 saturated heterocycles. The van der Waals surface area contributed by atoms with E-state index in [-0.39, 0.29) is 6.85 Å². The van der Waals surface area contributed by atoms with Gasteiger partial charge in [0.25, 0.3) is 0 Å². The van der Waals surface area contributed by atoms with Crippen LogP contribution in [0, 0.1) is 13.8 Å². The van der Waals surface area contributed by atoms with E-state index in [1.807, 2.05) is 6.92 Å². The van der Waals surface area contributed by atoms with Gasteiger partial charge in [-0.05, 0) is 153 Å². The smallest absolute Gasteiger partial charge is 0.333 e. The molecule has 70 heavy (non-hydrogen) atoms. The molecular formula is C66H47BN2O. The first-order valence-electron chi connectivity index (χ1n) is 24.4. The van der Waals surface area contributed by atoms with Crippen molar-refractivity contribution in [2.45, 2.75) is 27.2 Å². The molecule has 0 radical (unpaired) electrons. The largest absolute Gasteiger partial charge is 0.456 e. The second-order valence-electron chi connectivity index (χ2n) is 19.4. The molecule has 0 bridgehead atoms. The monoisotopic (exact) mass is 894 g/mol. The van der Waals surface area contributed by atoms with Gasteiger partial charge in [-0.2, -0.15) is 0 Å². The van der Waals surface area contributed by atoms with Crippen LogP contribution in [0.5, 0.6) is 0 Å². The highest BCUT2D eigenvalue weighted by molar-refractivity contribution is 6.90. The van der Waals surface area contributed by atoms with Crippen LogP contribution < -0.4 is 15.8 Å². The van der Waals surface area contributed by atoms with Gasteiger partial charge in [-0.1, -0.05) is 164 Å². The summed E-state index contributed by atoms with van der Waals surface area (Å²) in [4.78, 5) is 2.60. The van der Waals surface area contributed by atoms with E-state index >= 15 is 0 Å². The lowest BCUT2D eigenvalue weighted by molar-refractivity contribution is 0.669. The van der Waals surface area contributed by atoms with Crippen molar-refractivity contribution in [2.24, 2.45) is 0 Å². The molecule has 12 aromatic rings. The van der Waals surface area contributed by atoms with Crippen molar-refractivity contribution >= 4 is 100 Å². The molecule has 0 aliphatic carbocycles. The van der Waals surface area contributed by atoms with Crippen LogP contribution in [0.3, 0.4) is 0 Å². The Morgan fingerprint density at radius 3 is 2.00 bits per heavy atom. The number of allylic oxidation sites excluding steroid dienone is 5. The van der Waals surface area contributed by atoms with E-state index in [4.69, 9.17) is 4.42 Å². The van der Waals surface area contributed by atoms with Gasteiger partial charge >= 0.3 is 6.85 Å². The second kappa shape index (κ2) is 15.5. The summed E-state index contributed by atoms with van der Waals surface area (Å²) in [5.74, 6) is 0. The molecule has 4 heterocycles. The lowest BCUT2D eigenvalue weighted by atomic mass is 9.44. The summed E-state index contributed by atoms with van der Waals surface area (Å²) in [5, 5.41) is 9.88. The quantitative estimate of drug-likeness (QED) is 0.0903. The van der Waals surface area contributed by atoms with Crippen molar-refractivity contribution in [3.63, 3.8) is 0 Å². The van der Waals surface area contributed by atoms with Gasteiger partial charge in [0.2, 0.25) is 0 Å². The van der Waals surface area contributed by atoms with Crippen molar-refractivity contribution in [2.75, 3.05) is 4.90 Å². The van der Waals surface area contributed by atoms with Gasteiger partial charge in [0.1, 0.15) is 11.2 Å². The number of rotatable bonds is 7. The number of aryl methyl sites for hydroxylation is 2. The van der Waals surface area contributed by atoms with Crippen LogP contribution >= 0.6 is 0 Å². The molecule has 0 spiro atoms. The van der Waals surface area contributed by atoms with E-state index in [0.29, 0.717) is 0 Å². The van der Waals surface area contributed by atoms with Crippen molar-refractivity contribution in [3.8, 4) is 33.4 Å². The molecule has 4 heteroatoms. The number of fused-ring (bicyclic) bond motifs is 13. The minimum Gasteiger partial charge on any atom is -0.456 e. The van der Waals surface area contributed by atoms with Gasteiger partial charge in [0.05, 0.1) is 0 Å². The maximum atomic E-state index is 7.08. The summed E-state index contributed by atoms with van der Waals surface area (Å²) in [6.07, 6.45) is 9.41. The molecule has 2 aliphatic rings. The molecule has 0 unspecified atom stereocenters. The molecule has 0 N–H and O–H groups in total. The number of benzene rings is 10. The van der Waals surface area contributed by atoms with E-state index in [2.05, 4.69) is 236 Å². The van der Waals surface area contributed by atoms with Gasteiger partial charge in [-0.3, -0.25) is 0 Å². The molecule has 2 aromatic heterocycles. The number of hydrogen-bond acceptors (Lipinski definition) is 2. The van der Waals surface area contributed by atoms with E-state index in [1.165, 1.54) is 115 Å². The Hall–Kier alpha value is -8.60. The topological polar surface area (TPSA) is 21.3 Å². The Kier molecular flexibility index (Phi) is 8.94. The van der Waals surface area contributed by atoms with Crippen molar-refractivity contribution < 1.29 is 4.42 Å². The number of para-hydroxylation sites is 2. The van der Waals surface area contributed by atoms with Crippen molar-refractivity contribution in [1.82, 2.24) is 4.48 Å². The van der Waals surface area contributed by atoms with Gasteiger partial charge in [0.15, 0.2) is 0 Å². The van der Waals surface area contributed by atoms with Crippen LogP contribution in [0.4, 0.5) is 17.1 Å². The van der Waals surface area contributed by atoms with Crippen LogP contribution in [0.15, 0.2) is 223 Å². The Morgan fingerprint density at radius 1 is 0.586 bits per heavy atom. The average molecular weight is 895 g/mol. The third kappa shape index (κ3) is 5.96. The zero-order chi connectivity index (χ0) is 46.8. The maximum Gasteiger partial charge on any atom is 0.333 e. The molecule has 0 saturated carbocycles. The standard InChI is InChI=1S/C66H47BN2O/c1-40(2)20-8-5-13-25-45-36-55-63-62-53-29-17-19-31-59(53)70-60(62)39-58-64(63)67(69-57-30-18-16-28-52(57)61(41(45)3)66(55)69)56-38-50-32-46-26-14-15-27-47(46)37-54(50)42(4)65(56)68(58)51-34-48(43-21-9-6-10-22-43)33-49(35-51)44-23-11-7-12-24-44/h5-24,26-39H,1,25H2,2-4H3/b13-5-,20-8-. The average Bonchev–Trinajstić information content (AvgIpc) is 3.95. The highest BCUT2D eigenvalue weighted by Crippen LogP contribution is 2.52. The lowest BCUT2D eigenvalue weighted by Gasteiger charge is -2.42. The van der Waals surface area contributed by atoms with Gasteiger partial charge in [0, 0.05) is 61.3 Å². The highest BCUT2D eigenvalue weighted by atomic mass is 16.3. The Bertz CT molecular complexity index is 4210. The predicted octanol–water partition coefficient (Wildman–Crippen LogP) is 16.6. The molecule has 0 amide bonds. The van der Waals surface area contributed by atoms with E-state index in [9.17, 15) is 0 Å². The molecule has 330 valence electrons. The van der Waals surface area contributed by atoms with E-state index < -0.39 is 0 Å². The summed E-state index contributed by atoms with van der Waals surface area (Å²) < 4.78 is 9.78. The fourth-order valence-electron chi connectivity index (χ4n) is 12.1. The zero-order valence-electron chi connectivity index (χ0n) is 39.4. The van der Waals surface area contributed by atoms with Crippen LogP contribution in [-0.4, -0.2) is 11.3 Å². The van der Waals surface area contributed by atoms with Crippen molar-refractivity contribution in [1.29, 1.82) is 0 Å². The summed E-state index contributed by atoms with van der Waals surface area (Å²) >= 11 is 0. The number of nitrogens with zero attached hydrogens (tertiary/aromatic N) is 2. The third-order valence-electron chi connectivity index (χ3n) is 15.2. The lowest BCUT2D eigenvalue weighted by Crippen LogP contribution is -2.57. The van der Waals surface area contributed by atoms with Crippen LogP contribution in [0.25, 0.3) is 98.7 Å². The fraction of sp³-hybridized carbons (Fsp3) is 0.0606. The first-order chi connectivity index (χ1) is 34.4. The highest BCUT2D eigenvalue weighted by Gasteiger charge is 2.45. The molecule has 3 nitrogen and oxygen atoms in total. The Balaban J connectivity index is 1.17. The predicted molar refractivity (Wildman–Crippen MR) is 299 cm³/mol. The number of aromatic nitrogens is 1. The molecule has 2 aliphatic heterocycles. The van der Waals surface area contributed by atoms with Crippen LogP contribution in [0.2, 0.25) is 0 Å². The normalized spacial score (nSPS) is 13.0. The first kappa shape index (κ1) is 40.5. The van der Waals surface area contributed by atoms with Gasteiger partial charge in [-0.25, -0.2) is 0 Å². The Morgan fingerprint density at radius 2 is 1.26 bits per heavy atom. The molecular weight excluding hydrogens is 848 g/mol. The Labute approximate surface area is 407 Å². The van der Waals surface area contributed by atoms with E-state index in [0.717, 1.165) is 39.9 Å². The van der Waals surface area contributed by atoms with E-state index in [1.54, 1.807) is 0 Å². The molecule has 10 aromatic carbocycles. The number of furan rings is 1. The SMILES string of the molecule is C=C(C)/C=C\C=C/Cc1cc2c3c(c1C)c1ccccc1n3B1c3cc4cc5ccccc5cc4c(C)c3N(c3cc(-c4ccccc4)cc(-c4ccccc4)c3)c3cc4oc5ccccc5c4c-2c31. The summed E-state index contributed by atoms with van der Waals surface area (Å²) in [6, 6.07) is 67.6. The second-order valence-corrected chi connectivity index (χ2v) is 19.4. The fourth-order valence-corrected chi connectivity index (χ4v) is 12.1. The molecule has 0 atom stereocenters. The first-order valence-corrected chi connectivity index (χ1v) is 24.4. The van der Waals surface area contributed by atoms with Crippen LogP contribution in [0.1, 0.15) is 23.6 Å².